The molecule has 1 heterocycles. The van der Waals surface area contributed by atoms with E-state index in [0.717, 1.165) is 37.2 Å². The van der Waals surface area contributed by atoms with Gasteiger partial charge >= 0.3 is 0 Å². The molecule has 1 aliphatic heterocycles. The number of amides is 1. The van der Waals surface area contributed by atoms with Crippen LogP contribution in [-0.2, 0) is 4.79 Å². The third-order valence-corrected chi connectivity index (χ3v) is 4.95. The molecule has 1 atom stereocenters. The Hall–Kier alpha value is -2.29. The van der Waals surface area contributed by atoms with E-state index in [1.54, 1.807) is 0 Å². The number of benzene rings is 2. The highest BCUT2D eigenvalue weighted by Gasteiger charge is 2.19. The summed E-state index contributed by atoms with van der Waals surface area (Å²) in [6, 6.07) is 18.4. The molecule has 0 aromatic heterocycles. The number of anilines is 2. The minimum atomic E-state index is -0.0898. The summed E-state index contributed by atoms with van der Waals surface area (Å²) in [5, 5.41) is 3.10. The van der Waals surface area contributed by atoms with E-state index >= 15 is 0 Å². The molecule has 25 heavy (non-hydrogen) atoms. The van der Waals surface area contributed by atoms with Gasteiger partial charge in [0.25, 0.3) is 0 Å². The summed E-state index contributed by atoms with van der Waals surface area (Å²) < 4.78 is 0. The van der Waals surface area contributed by atoms with E-state index in [-0.39, 0.29) is 11.8 Å². The van der Waals surface area contributed by atoms with Gasteiger partial charge in [0.05, 0.1) is 5.92 Å². The fourth-order valence-electron chi connectivity index (χ4n) is 3.56. The van der Waals surface area contributed by atoms with Crippen LogP contribution in [-0.4, -0.2) is 19.0 Å². The molecule has 2 aromatic rings. The molecule has 0 saturated carbocycles. The number of rotatable bonds is 6. The van der Waals surface area contributed by atoms with Gasteiger partial charge in [-0.15, -0.1) is 0 Å². The third-order valence-electron chi connectivity index (χ3n) is 4.95. The first-order valence-corrected chi connectivity index (χ1v) is 9.48. The van der Waals surface area contributed by atoms with Crippen molar-refractivity contribution in [2.45, 2.75) is 44.9 Å². The molecule has 1 aliphatic rings. The topological polar surface area (TPSA) is 32.3 Å². The zero-order valence-electron chi connectivity index (χ0n) is 15.1. The van der Waals surface area contributed by atoms with Gasteiger partial charge in [-0.1, -0.05) is 43.7 Å². The summed E-state index contributed by atoms with van der Waals surface area (Å²) in [6.07, 6.45) is 5.73. The molecule has 0 aliphatic carbocycles. The standard InChI is InChI=1S/C22H28N2O/c1-2-9-21(18-10-5-3-6-11-18)22(25)23-19-12-14-20(15-13-19)24-16-7-4-8-17-24/h3,5-6,10-15,21H,2,4,7-9,16-17H2,1H3,(H,23,25). The van der Waals surface area contributed by atoms with Crippen molar-refractivity contribution in [2.75, 3.05) is 23.3 Å². The van der Waals surface area contributed by atoms with E-state index in [4.69, 9.17) is 0 Å². The van der Waals surface area contributed by atoms with Crippen LogP contribution >= 0.6 is 0 Å². The summed E-state index contributed by atoms with van der Waals surface area (Å²) in [6.45, 7) is 4.40. The van der Waals surface area contributed by atoms with E-state index in [2.05, 4.69) is 29.3 Å². The maximum Gasteiger partial charge on any atom is 0.231 e. The Kier molecular flexibility index (Phi) is 6.10. The van der Waals surface area contributed by atoms with Crippen LogP contribution in [0, 0.1) is 0 Å². The summed E-state index contributed by atoms with van der Waals surface area (Å²) in [7, 11) is 0. The molecule has 0 spiro atoms. The van der Waals surface area contributed by atoms with Crippen molar-refractivity contribution in [3.63, 3.8) is 0 Å². The maximum absolute atomic E-state index is 12.8. The lowest BCUT2D eigenvalue weighted by Gasteiger charge is -2.29. The molecule has 3 heteroatoms. The SMILES string of the molecule is CCCC(C(=O)Nc1ccc(N2CCCCC2)cc1)c1ccccc1. The van der Waals surface area contributed by atoms with Crippen LogP contribution in [0.2, 0.25) is 0 Å². The van der Waals surface area contributed by atoms with Crippen LogP contribution in [0.15, 0.2) is 54.6 Å². The number of carbonyl (C=O) groups excluding carboxylic acids is 1. The van der Waals surface area contributed by atoms with Gasteiger partial charge in [-0.2, -0.15) is 0 Å². The highest BCUT2D eigenvalue weighted by molar-refractivity contribution is 5.96. The van der Waals surface area contributed by atoms with Crippen molar-refractivity contribution < 1.29 is 4.79 Å². The number of piperidine rings is 1. The molecule has 1 fully saturated rings. The average Bonchev–Trinajstić information content (AvgIpc) is 2.68. The lowest BCUT2D eigenvalue weighted by molar-refractivity contribution is -0.117. The van der Waals surface area contributed by atoms with Crippen LogP contribution in [0.3, 0.4) is 0 Å². The second kappa shape index (κ2) is 8.70. The van der Waals surface area contributed by atoms with Gasteiger partial charge in [-0.05, 0) is 55.5 Å². The van der Waals surface area contributed by atoms with Gasteiger partial charge in [-0.3, -0.25) is 4.79 Å². The number of hydrogen-bond acceptors (Lipinski definition) is 2. The lowest BCUT2D eigenvalue weighted by atomic mass is 9.93. The minimum absolute atomic E-state index is 0.0822. The lowest BCUT2D eigenvalue weighted by Crippen LogP contribution is -2.29. The van der Waals surface area contributed by atoms with Gasteiger partial charge in [0.2, 0.25) is 5.91 Å². The molecule has 2 aromatic carbocycles. The van der Waals surface area contributed by atoms with Gasteiger partial charge in [0.1, 0.15) is 0 Å². The Bertz CT molecular complexity index is 660. The normalized spacial score (nSPS) is 15.6. The number of nitrogens with zero attached hydrogens (tertiary/aromatic N) is 1. The fraction of sp³-hybridized carbons (Fsp3) is 0.409. The Morgan fingerprint density at radius 2 is 1.68 bits per heavy atom. The zero-order valence-corrected chi connectivity index (χ0v) is 15.1. The van der Waals surface area contributed by atoms with Crippen LogP contribution in [0.1, 0.15) is 50.5 Å². The van der Waals surface area contributed by atoms with Crippen LogP contribution in [0.4, 0.5) is 11.4 Å². The molecule has 3 rings (SSSR count). The van der Waals surface area contributed by atoms with E-state index in [1.807, 2.05) is 42.5 Å². The van der Waals surface area contributed by atoms with Crippen molar-refractivity contribution in [3.8, 4) is 0 Å². The van der Waals surface area contributed by atoms with Crippen LogP contribution in [0.5, 0.6) is 0 Å². The Morgan fingerprint density at radius 1 is 1.00 bits per heavy atom. The Labute approximate surface area is 151 Å². The first-order chi connectivity index (χ1) is 12.3. The second-order valence-electron chi connectivity index (χ2n) is 6.84. The molecule has 0 bridgehead atoms. The molecule has 1 saturated heterocycles. The summed E-state index contributed by atoms with van der Waals surface area (Å²) in [5.41, 5.74) is 3.22. The molecule has 1 N–H and O–H groups in total. The molecule has 132 valence electrons. The highest BCUT2D eigenvalue weighted by atomic mass is 16.1. The third kappa shape index (κ3) is 4.62. The van der Waals surface area contributed by atoms with Crippen molar-refractivity contribution in [2.24, 2.45) is 0 Å². The Balaban J connectivity index is 1.66. The first kappa shape index (κ1) is 17.5. The molecule has 1 amide bonds. The van der Waals surface area contributed by atoms with Crippen molar-refractivity contribution >= 4 is 17.3 Å². The molecular weight excluding hydrogens is 308 g/mol. The minimum Gasteiger partial charge on any atom is -0.372 e. The monoisotopic (exact) mass is 336 g/mol. The number of hydrogen-bond donors (Lipinski definition) is 1. The summed E-state index contributed by atoms with van der Waals surface area (Å²) in [4.78, 5) is 15.2. The molecule has 1 unspecified atom stereocenters. The predicted octanol–water partition coefficient (Wildman–Crippen LogP) is 5.20. The van der Waals surface area contributed by atoms with E-state index < -0.39 is 0 Å². The van der Waals surface area contributed by atoms with E-state index in [0.29, 0.717) is 0 Å². The summed E-state index contributed by atoms with van der Waals surface area (Å²) >= 11 is 0. The highest BCUT2D eigenvalue weighted by Crippen LogP contribution is 2.25. The van der Waals surface area contributed by atoms with Crippen LogP contribution < -0.4 is 10.2 Å². The van der Waals surface area contributed by atoms with Gasteiger partial charge in [0, 0.05) is 24.5 Å². The van der Waals surface area contributed by atoms with Crippen LogP contribution in [0.25, 0.3) is 0 Å². The molecular formula is C22H28N2O. The smallest absolute Gasteiger partial charge is 0.231 e. The van der Waals surface area contributed by atoms with Gasteiger partial charge in [-0.25, -0.2) is 0 Å². The molecule has 3 nitrogen and oxygen atoms in total. The average molecular weight is 336 g/mol. The quantitative estimate of drug-likeness (QED) is 0.786. The van der Waals surface area contributed by atoms with Crippen molar-refractivity contribution in [3.05, 3.63) is 60.2 Å². The second-order valence-corrected chi connectivity index (χ2v) is 6.84. The zero-order chi connectivity index (χ0) is 17.5. The van der Waals surface area contributed by atoms with E-state index in [1.165, 1.54) is 24.9 Å². The number of nitrogens with one attached hydrogen (secondary N) is 1. The Morgan fingerprint density at radius 3 is 2.32 bits per heavy atom. The first-order valence-electron chi connectivity index (χ1n) is 9.48. The maximum atomic E-state index is 12.8. The molecule has 0 radical (unpaired) electrons. The number of carbonyl (C=O) groups is 1. The van der Waals surface area contributed by atoms with Gasteiger partial charge < -0.3 is 10.2 Å². The van der Waals surface area contributed by atoms with E-state index in [9.17, 15) is 4.79 Å². The largest absolute Gasteiger partial charge is 0.372 e. The van der Waals surface area contributed by atoms with Crippen molar-refractivity contribution in [1.29, 1.82) is 0 Å². The fourth-order valence-corrected chi connectivity index (χ4v) is 3.56. The van der Waals surface area contributed by atoms with Crippen molar-refractivity contribution in [1.82, 2.24) is 0 Å². The predicted molar refractivity (Wildman–Crippen MR) is 105 cm³/mol. The summed E-state index contributed by atoms with van der Waals surface area (Å²) in [5.74, 6) is -0.00764. The van der Waals surface area contributed by atoms with Gasteiger partial charge in [0.15, 0.2) is 0 Å².